The fraction of sp³-hybridized carbons (Fsp3) is 0.300. The maximum absolute atomic E-state index is 3.12. The van der Waals surface area contributed by atoms with E-state index in [1.807, 2.05) is 12.2 Å². The molecule has 1 aliphatic rings. The van der Waals surface area contributed by atoms with E-state index >= 15 is 0 Å². The van der Waals surface area contributed by atoms with E-state index < -0.39 is 0 Å². The predicted octanol–water partition coefficient (Wildman–Crippen LogP) is 2.99. The fourth-order valence-electron chi connectivity index (χ4n) is 0.840. The van der Waals surface area contributed by atoms with Gasteiger partial charge in [-0.25, -0.2) is 0 Å². The maximum atomic E-state index is 3.12. The van der Waals surface area contributed by atoms with Gasteiger partial charge in [0.25, 0.3) is 0 Å². The average molecular weight is 132 g/mol. The molecule has 52 valence electrons. The Balaban J connectivity index is 2.78. The number of allylic oxidation sites excluding steroid dienone is 5. The van der Waals surface area contributed by atoms with Crippen LogP contribution in [0.25, 0.3) is 0 Å². The number of hydrogen-bond acceptors (Lipinski definition) is 0. The average Bonchev–Trinajstić information content (AvgIpc) is 1.87. The van der Waals surface area contributed by atoms with Crippen LogP contribution in [0.1, 0.15) is 19.8 Å². The topological polar surface area (TPSA) is 0 Å². The fourth-order valence-corrected chi connectivity index (χ4v) is 0.840. The van der Waals surface area contributed by atoms with Gasteiger partial charge in [0.1, 0.15) is 0 Å². The molecule has 0 saturated carbocycles. The van der Waals surface area contributed by atoms with E-state index in [2.05, 4.69) is 30.9 Å². The zero-order valence-electron chi connectivity index (χ0n) is 6.30. The van der Waals surface area contributed by atoms with Gasteiger partial charge in [-0.3, -0.25) is 0 Å². The van der Waals surface area contributed by atoms with Gasteiger partial charge in [0.05, 0.1) is 0 Å². The van der Waals surface area contributed by atoms with Gasteiger partial charge in [-0.15, -0.1) is 5.73 Å². The molecule has 0 bridgehead atoms. The zero-order chi connectivity index (χ0) is 7.23. The predicted molar refractivity (Wildman–Crippen MR) is 44.8 cm³/mol. The first-order valence-corrected chi connectivity index (χ1v) is 3.70. The van der Waals surface area contributed by atoms with Crippen molar-refractivity contribution in [3.05, 3.63) is 41.7 Å². The highest BCUT2D eigenvalue weighted by atomic mass is 13.9. The Bertz CT molecular complexity index is 210. The van der Waals surface area contributed by atoms with Crippen LogP contribution in [-0.2, 0) is 0 Å². The first kappa shape index (κ1) is 7.11. The molecule has 0 atom stereocenters. The third-order valence-corrected chi connectivity index (χ3v) is 1.50. The van der Waals surface area contributed by atoms with E-state index in [-0.39, 0.29) is 0 Å². The quantitative estimate of drug-likeness (QED) is 0.481. The smallest absolute Gasteiger partial charge is 0.00898 e. The second kappa shape index (κ2) is 3.92. The Morgan fingerprint density at radius 2 is 2.50 bits per heavy atom. The minimum absolute atomic E-state index is 1.00. The van der Waals surface area contributed by atoms with Crippen LogP contribution in [0.15, 0.2) is 41.7 Å². The van der Waals surface area contributed by atoms with Crippen molar-refractivity contribution in [1.82, 2.24) is 0 Å². The second-order valence-corrected chi connectivity index (χ2v) is 2.27. The Hall–Kier alpha value is -1.00. The van der Waals surface area contributed by atoms with Crippen LogP contribution in [0.4, 0.5) is 0 Å². The van der Waals surface area contributed by atoms with Gasteiger partial charge in [0, 0.05) is 0 Å². The van der Waals surface area contributed by atoms with Crippen molar-refractivity contribution >= 4 is 0 Å². The van der Waals surface area contributed by atoms with E-state index in [0.29, 0.717) is 0 Å². The molecule has 0 nitrogen and oxygen atoms in total. The van der Waals surface area contributed by atoms with Crippen LogP contribution >= 0.6 is 0 Å². The molecular weight excluding hydrogens is 120 g/mol. The highest BCUT2D eigenvalue weighted by Crippen LogP contribution is 2.04. The molecule has 0 aliphatic heterocycles. The summed E-state index contributed by atoms with van der Waals surface area (Å²) in [5.41, 5.74) is 4.46. The van der Waals surface area contributed by atoms with Gasteiger partial charge >= 0.3 is 0 Å². The van der Waals surface area contributed by atoms with E-state index in [4.69, 9.17) is 0 Å². The molecule has 10 heavy (non-hydrogen) atoms. The Kier molecular flexibility index (Phi) is 2.79. The van der Waals surface area contributed by atoms with E-state index in [0.717, 1.165) is 12.8 Å². The monoisotopic (exact) mass is 132 g/mol. The summed E-state index contributed by atoms with van der Waals surface area (Å²) in [6.07, 6.45) is 12.6. The van der Waals surface area contributed by atoms with Gasteiger partial charge in [-0.2, -0.15) is 0 Å². The lowest BCUT2D eigenvalue weighted by Gasteiger charge is -1.92. The van der Waals surface area contributed by atoms with E-state index in [9.17, 15) is 0 Å². The minimum Gasteiger partial charge on any atom is -0.125 e. The summed E-state index contributed by atoms with van der Waals surface area (Å²) in [6, 6.07) is 0. The van der Waals surface area contributed by atoms with Crippen molar-refractivity contribution in [3.8, 4) is 0 Å². The van der Waals surface area contributed by atoms with Crippen molar-refractivity contribution < 1.29 is 0 Å². The molecule has 1 rings (SSSR count). The summed E-state index contributed by atoms with van der Waals surface area (Å²) in [5, 5.41) is 0. The molecule has 0 radical (unpaired) electrons. The number of rotatable bonds is 1. The van der Waals surface area contributed by atoms with E-state index in [1.54, 1.807) is 0 Å². The van der Waals surface area contributed by atoms with Gasteiger partial charge in [-0.05, 0) is 30.6 Å². The molecule has 0 spiro atoms. The molecule has 0 aromatic rings. The van der Waals surface area contributed by atoms with Crippen molar-refractivity contribution in [1.29, 1.82) is 0 Å². The molecule has 0 aromatic heterocycles. The Morgan fingerprint density at radius 1 is 1.60 bits per heavy atom. The molecule has 0 aromatic carbocycles. The van der Waals surface area contributed by atoms with Gasteiger partial charge in [-0.1, -0.05) is 25.2 Å². The minimum atomic E-state index is 1.00. The molecule has 0 unspecified atom stereocenters. The van der Waals surface area contributed by atoms with Crippen LogP contribution in [0.2, 0.25) is 0 Å². The largest absolute Gasteiger partial charge is 0.125 e. The van der Waals surface area contributed by atoms with Crippen LogP contribution in [0, 0.1) is 0 Å². The molecule has 0 N–H and O–H groups in total. The highest BCUT2D eigenvalue weighted by molar-refractivity contribution is 5.24. The normalized spacial score (nSPS) is 16.3. The molecule has 0 heterocycles. The first-order valence-electron chi connectivity index (χ1n) is 3.70. The van der Waals surface area contributed by atoms with E-state index in [1.165, 1.54) is 5.57 Å². The molecule has 1 aliphatic carbocycles. The summed E-state index contributed by atoms with van der Waals surface area (Å²) in [5.74, 6) is 0. The van der Waals surface area contributed by atoms with Crippen molar-refractivity contribution in [2.24, 2.45) is 0 Å². The zero-order valence-corrected chi connectivity index (χ0v) is 6.30. The van der Waals surface area contributed by atoms with Crippen LogP contribution in [-0.4, -0.2) is 0 Å². The lowest BCUT2D eigenvalue weighted by molar-refractivity contribution is 1.15. The molecule has 0 fully saturated rings. The summed E-state index contributed by atoms with van der Waals surface area (Å²) in [6.45, 7) is 2.15. The lowest BCUT2D eigenvalue weighted by Crippen LogP contribution is -1.72. The summed E-state index contributed by atoms with van der Waals surface area (Å²) in [7, 11) is 0. The summed E-state index contributed by atoms with van der Waals surface area (Å²) >= 11 is 0. The van der Waals surface area contributed by atoms with Crippen molar-refractivity contribution in [3.63, 3.8) is 0 Å². The number of hydrogen-bond donors (Lipinski definition) is 0. The van der Waals surface area contributed by atoms with Gasteiger partial charge in [0.2, 0.25) is 0 Å². The van der Waals surface area contributed by atoms with Gasteiger partial charge in [0.15, 0.2) is 0 Å². The SMILES string of the molecule is CCC1=CC=CCC=C=C1. The van der Waals surface area contributed by atoms with Crippen molar-refractivity contribution in [2.45, 2.75) is 19.8 Å². The third kappa shape index (κ3) is 2.08. The standard InChI is InChI=1S/C10H12/c1-2-10-8-6-4-3-5-7-9-10/h4-6,8-9H,2-3H2,1H3. The Morgan fingerprint density at radius 3 is 3.30 bits per heavy atom. The van der Waals surface area contributed by atoms with Crippen LogP contribution < -0.4 is 0 Å². The van der Waals surface area contributed by atoms with Crippen LogP contribution in [0.5, 0.6) is 0 Å². The molecule has 0 heteroatoms. The highest BCUT2D eigenvalue weighted by Gasteiger charge is 1.84. The third-order valence-electron chi connectivity index (χ3n) is 1.50. The van der Waals surface area contributed by atoms with Crippen molar-refractivity contribution in [2.75, 3.05) is 0 Å². The summed E-state index contributed by atoms with van der Waals surface area (Å²) < 4.78 is 0. The first-order chi connectivity index (χ1) is 4.93. The second-order valence-electron chi connectivity index (χ2n) is 2.27. The molecular formula is C10H12. The molecule has 0 amide bonds. The summed E-state index contributed by atoms with van der Waals surface area (Å²) in [4.78, 5) is 0. The van der Waals surface area contributed by atoms with Crippen LogP contribution in [0.3, 0.4) is 0 Å². The molecule has 0 saturated heterocycles. The van der Waals surface area contributed by atoms with Gasteiger partial charge < -0.3 is 0 Å². The Labute approximate surface area is 62.3 Å². The lowest BCUT2D eigenvalue weighted by atomic mass is 10.1. The maximum Gasteiger partial charge on any atom is -0.00898 e.